The molecule has 1 aromatic carbocycles. The second kappa shape index (κ2) is 10.5. The van der Waals surface area contributed by atoms with Gasteiger partial charge in [-0.3, -0.25) is 4.79 Å². The Morgan fingerprint density at radius 2 is 1.94 bits per heavy atom. The van der Waals surface area contributed by atoms with Crippen LogP contribution in [0.15, 0.2) is 42.5 Å². The average Bonchev–Trinajstić information content (AvgIpc) is 3.52. The number of anilines is 1. The van der Waals surface area contributed by atoms with Gasteiger partial charge in [0.05, 0.1) is 33.8 Å². The summed E-state index contributed by atoms with van der Waals surface area (Å²) in [6, 6.07) is 13.8. The number of nitrogens with one attached hydrogen (secondary N) is 1. The average molecular weight is 519 g/mol. The van der Waals surface area contributed by atoms with Crippen molar-refractivity contribution < 1.29 is 14.3 Å². The summed E-state index contributed by atoms with van der Waals surface area (Å²) in [5.74, 6) is 0.0183. The first-order chi connectivity index (χ1) is 17.5. The molecule has 1 aliphatic carbocycles. The highest BCUT2D eigenvalue weighted by Gasteiger charge is 2.30. The van der Waals surface area contributed by atoms with Crippen molar-refractivity contribution in [3.63, 3.8) is 0 Å². The maximum absolute atomic E-state index is 13.8. The van der Waals surface area contributed by atoms with Crippen molar-refractivity contribution in [2.24, 2.45) is 5.92 Å². The Labute approximate surface area is 219 Å². The van der Waals surface area contributed by atoms with Gasteiger partial charge in [0, 0.05) is 15.1 Å². The Kier molecular flexibility index (Phi) is 7.21. The summed E-state index contributed by atoms with van der Waals surface area (Å²) in [5.41, 5.74) is 3.68. The van der Waals surface area contributed by atoms with Crippen LogP contribution >= 0.6 is 22.7 Å². The minimum absolute atomic E-state index is 0.238. The van der Waals surface area contributed by atoms with Gasteiger partial charge < -0.3 is 10.1 Å². The Morgan fingerprint density at radius 3 is 2.69 bits per heavy atom. The Morgan fingerprint density at radius 1 is 1.11 bits per heavy atom. The molecular formula is C29H30N2O3S2. The monoisotopic (exact) mass is 518 g/mol. The number of aryl methyl sites for hydroxylation is 1. The minimum atomic E-state index is -0.355. The summed E-state index contributed by atoms with van der Waals surface area (Å²) < 4.78 is 5.40. The molecule has 5 rings (SSSR count). The Hall–Kier alpha value is -3.03. The van der Waals surface area contributed by atoms with E-state index in [1.54, 1.807) is 18.3 Å². The number of nitrogens with zero attached hydrogens (tertiary/aromatic N) is 1. The van der Waals surface area contributed by atoms with Crippen LogP contribution in [0.25, 0.3) is 21.5 Å². The number of carbonyl (C=O) groups is 2. The number of pyridine rings is 1. The van der Waals surface area contributed by atoms with Crippen LogP contribution in [0.5, 0.6) is 0 Å². The van der Waals surface area contributed by atoms with Crippen molar-refractivity contribution in [2.45, 2.75) is 52.9 Å². The molecule has 1 atom stereocenters. The van der Waals surface area contributed by atoms with E-state index in [9.17, 15) is 9.59 Å². The molecule has 0 unspecified atom stereocenters. The lowest BCUT2D eigenvalue weighted by Gasteiger charge is -2.20. The van der Waals surface area contributed by atoms with Gasteiger partial charge in [0.25, 0.3) is 5.91 Å². The van der Waals surface area contributed by atoms with E-state index in [1.807, 2.05) is 30.3 Å². The van der Waals surface area contributed by atoms with Gasteiger partial charge in [-0.1, -0.05) is 38.5 Å². The first-order valence-electron chi connectivity index (χ1n) is 12.6. The molecule has 1 aliphatic rings. The van der Waals surface area contributed by atoms with E-state index in [2.05, 4.69) is 31.3 Å². The van der Waals surface area contributed by atoms with Gasteiger partial charge in [-0.25, -0.2) is 9.78 Å². The summed E-state index contributed by atoms with van der Waals surface area (Å²) >= 11 is 3.22. The van der Waals surface area contributed by atoms with Gasteiger partial charge in [-0.15, -0.1) is 22.7 Å². The van der Waals surface area contributed by atoms with Crippen LogP contribution < -0.4 is 5.32 Å². The number of carbonyl (C=O) groups excluding carboxylic acids is 2. The summed E-state index contributed by atoms with van der Waals surface area (Å²) in [5, 5.41) is 4.48. The zero-order valence-corrected chi connectivity index (χ0v) is 22.5. The highest BCUT2D eigenvalue weighted by molar-refractivity contribution is 7.17. The molecule has 0 saturated carbocycles. The Bertz CT molecular complexity index is 1440. The lowest BCUT2D eigenvalue weighted by atomic mass is 9.85. The number of hydrogen-bond acceptors (Lipinski definition) is 6. The predicted molar refractivity (Wildman–Crippen MR) is 148 cm³/mol. The molecule has 0 radical (unpaired) electrons. The maximum Gasteiger partial charge on any atom is 0.341 e. The minimum Gasteiger partial charge on any atom is -0.462 e. The van der Waals surface area contributed by atoms with Gasteiger partial charge in [0.1, 0.15) is 5.00 Å². The Balaban J connectivity index is 1.56. The van der Waals surface area contributed by atoms with E-state index < -0.39 is 0 Å². The van der Waals surface area contributed by atoms with Gasteiger partial charge in [0.15, 0.2) is 0 Å². The number of para-hydroxylation sites is 1. The number of benzene rings is 1. The molecular weight excluding hydrogens is 488 g/mol. The SMILES string of the molecule is CCOC(=O)c1c(NC(=O)c2cc(-c3ccc(CC)s3)nc3ccccc23)sc2c1CC[C@H](CC)C2. The normalized spacial score (nSPS) is 15.0. The fourth-order valence-electron chi connectivity index (χ4n) is 4.88. The topological polar surface area (TPSA) is 68.3 Å². The molecule has 0 aliphatic heterocycles. The van der Waals surface area contributed by atoms with Gasteiger partial charge in [-0.2, -0.15) is 0 Å². The van der Waals surface area contributed by atoms with Crippen LogP contribution in [0.2, 0.25) is 0 Å². The molecule has 0 saturated heterocycles. The van der Waals surface area contributed by atoms with E-state index in [1.165, 1.54) is 21.1 Å². The molecule has 3 aromatic heterocycles. The van der Waals surface area contributed by atoms with Crippen LogP contribution in [0.4, 0.5) is 5.00 Å². The number of rotatable bonds is 7. The van der Waals surface area contributed by atoms with Crippen LogP contribution in [-0.2, 0) is 24.0 Å². The summed E-state index contributed by atoms with van der Waals surface area (Å²) in [4.78, 5) is 35.1. The molecule has 7 heteroatoms. The predicted octanol–water partition coefficient (Wildman–Crippen LogP) is 7.53. The molecule has 5 nitrogen and oxygen atoms in total. The zero-order chi connectivity index (χ0) is 25.2. The molecule has 0 fully saturated rings. The standard InChI is InChI=1S/C29H30N2O3S2/c1-4-17-11-13-20-25(15-17)36-28(26(20)29(33)34-6-3)31-27(32)21-16-23(24-14-12-18(5-2)35-24)30-22-10-8-7-9-19(21)22/h7-10,12,14,16-17H,4-6,11,13,15H2,1-3H3,(H,31,32)/t17-/m0/s1. The number of amides is 1. The molecule has 0 spiro atoms. The van der Waals surface area contributed by atoms with E-state index in [0.717, 1.165) is 59.1 Å². The van der Waals surface area contributed by atoms with E-state index in [0.29, 0.717) is 28.7 Å². The molecule has 3 heterocycles. The smallest absolute Gasteiger partial charge is 0.341 e. The lowest BCUT2D eigenvalue weighted by molar-refractivity contribution is 0.0526. The van der Waals surface area contributed by atoms with Crippen LogP contribution in [-0.4, -0.2) is 23.5 Å². The summed E-state index contributed by atoms with van der Waals surface area (Å²) in [7, 11) is 0. The van der Waals surface area contributed by atoms with Crippen molar-refractivity contribution >= 4 is 50.5 Å². The zero-order valence-electron chi connectivity index (χ0n) is 20.8. The molecule has 1 N–H and O–H groups in total. The molecule has 4 aromatic rings. The molecule has 186 valence electrons. The number of thiophene rings is 2. The largest absolute Gasteiger partial charge is 0.462 e. The summed E-state index contributed by atoms with van der Waals surface area (Å²) in [6.45, 7) is 6.45. The molecule has 1 amide bonds. The van der Waals surface area contributed by atoms with Crippen molar-refractivity contribution in [2.75, 3.05) is 11.9 Å². The number of esters is 1. The number of aromatic nitrogens is 1. The van der Waals surface area contributed by atoms with E-state index in [4.69, 9.17) is 9.72 Å². The summed E-state index contributed by atoms with van der Waals surface area (Å²) in [6.07, 6.45) is 4.92. The number of fused-ring (bicyclic) bond motifs is 2. The van der Waals surface area contributed by atoms with Crippen LogP contribution in [0.1, 0.15) is 69.6 Å². The first-order valence-corrected chi connectivity index (χ1v) is 14.3. The van der Waals surface area contributed by atoms with Gasteiger partial charge in [-0.05, 0) is 68.4 Å². The molecule has 0 bridgehead atoms. The van der Waals surface area contributed by atoms with Gasteiger partial charge >= 0.3 is 5.97 Å². The van der Waals surface area contributed by atoms with Crippen molar-refractivity contribution in [3.8, 4) is 10.6 Å². The second-order valence-electron chi connectivity index (χ2n) is 9.09. The highest BCUT2D eigenvalue weighted by atomic mass is 32.1. The van der Waals surface area contributed by atoms with E-state index >= 15 is 0 Å². The van der Waals surface area contributed by atoms with Crippen molar-refractivity contribution in [1.82, 2.24) is 4.98 Å². The first kappa shape index (κ1) is 24.7. The highest BCUT2D eigenvalue weighted by Crippen LogP contribution is 2.41. The third-order valence-electron chi connectivity index (χ3n) is 6.87. The quantitative estimate of drug-likeness (QED) is 0.257. The third-order valence-corrected chi connectivity index (χ3v) is 9.30. The number of ether oxygens (including phenoxy) is 1. The molecule has 36 heavy (non-hydrogen) atoms. The van der Waals surface area contributed by atoms with Crippen molar-refractivity contribution in [1.29, 1.82) is 0 Å². The maximum atomic E-state index is 13.8. The van der Waals surface area contributed by atoms with Crippen LogP contribution in [0.3, 0.4) is 0 Å². The van der Waals surface area contributed by atoms with Gasteiger partial charge in [0.2, 0.25) is 0 Å². The lowest BCUT2D eigenvalue weighted by Crippen LogP contribution is -2.17. The second-order valence-corrected chi connectivity index (χ2v) is 11.4. The van der Waals surface area contributed by atoms with Crippen LogP contribution in [0, 0.1) is 5.92 Å². The third kappa shape index (κ3) is 4.70. The fraction of sp³-hybridized carbons (Fsp3) is 0.345. The van der Waals surface area contributed by atoms with Crippen molar-refractivity contribution in [3.05, 3.63) is 68.9 Å². The fourth-order valence-corrected chi connectivity index (χ4v) is 7.13. The van der Waals surface area contributed by atoms with E-state index in [-0.39, 0.29) is 11.9 Å². The number of hydrogen-bond donors (Lipinski definition) is 1.